The molecule has 6 nitrogen and oxygen atoms in total. The topological polar surface area (TPSA) is 83.6 Å². The number of hydrogen-bond donors (Lipinski definition) is 1. The lowest BCUT2D eigenvalue weighted by atomic mass is 9.96. The van der Waals surface area contributed by atoms with Crippen molar-refractivity contribution >= 4 is 27.3 Å². The van der Waals surface area contributed by atoms with E-state index in [2.05, 4.69) is 5.32 Å². The van der Waals surface area contributed by atoms with Gasteiger partial charge in [-0.2, -0.15) is 0 Å². The van der Waals surface area contributed by atoms with Gasteiger partial charge in [0.05, 0.1) is 23.0 Å². The Morgan fingerprint density at radius 3 is 2.60 bits per heavy atom. The van der Waals surface area contributed by atoms with E-state index in [1.165, 1.54) is 24.3 Å². The van der Waals surface area contributed by atoms with Crippen LogP contribution in [0.25, 0.3) is 0 Å². The molecular weight excluding hydrogens is 407 g/mol. The molecule has 2 aromatic carbocycles. The lowest BCUT2D eigenvalue weighted by Gasteiger charge is -2.32. The van der Waals surface area contributed by atoms with E-state index in [-0.39, 0.29) is 40.6 Å². The highest BCUT2D eigenvalue weighted by atomic mass is 32.2. The Hall–Kier alpha value is -2.74. The number of sulfone groups is 1. The van der Waals surface area contributed by atoms with E-state index in [1.54, 1.807) is 36.1 Å². The minimum Gasteiger partial charge on any atom is -0.342 e. The van der Waals surface area contributed by atoms with E-state index in [4.69, 9.17) is 0 Å². The SMILES string of the molecule is CCS(=O)(=O)c1cccc(NC(=O)C2CCCN(C(=O)Cc3ccc(F)cc3)C2)c1. The van der Waals surface area contributed by atoms with Crippen molar-refractivity contribution in [2.75, 3.05) is 24.2 Å². The van der Waals surface area contributed by atoms with Gasteiger partial charge >= 0.3 is 0 Å². The molecule has 0 bridgehead atoms. The minimum atomic E-state index is -3.36. The molecule has 0 spiro atoms. The van der Waals surface area contributed by atoms with Gasteiger partial charge in [0, 0.05) is 18.8 Å². The molecule has 1 aliphatic heterocycles. The summed E-state index contributed by atoms with van der Waals surface area (Å²) in [6, 6.07) is 12.0. The predicted octanol–water partition coefficient (Wildman–Crippen LogP) is 3.04. The summed E-state index contributed by atoms with van der Waals surface area (Å²) < 4.78 is 37.1. The molecule has 2 aromatic rings. The highest BCUT2D eigenvalue weighted by Crippen LogP contribution is 2.22. The fourth-order valence-corrected chi connectivity index (χ4v) is 4.41. The lowest BCUT2D eigenvalue weighted by Crippen LogP contribution is -2.44. The summed E-state index contributed by atoms with van der Waals surface area (Å²) in [5.74, 6) is -1.08. The molecule has 1 atom stereocenters. The highest BCUT2D eigenvalue weighted by Gasteiger charge is 2.28. The average Bonchev–Trinajstić information content (AvgIpc) is 2.75. The zero-order valence-electron chi connectivity index (χ0n) is 16.8. The molecule has 0 radical (unpaired) electrons. The molecule has 1 saturated heterocycles. The Labute approximate surface area is 176 Å². The van der Waals surface area contributed by atoms with Crippen LogP contribution in [0, 0.1) is 11.7 Å². The Morgan fingerprint density at radius 2 is 1.90 bits per heavy atom. The van der Waals surface area contributed by atoms with Gasteiger partial charge in [-0.25, -0.2) is 12.8 Å². The van der Waals surface area contributed by atoms with Crippen molar-refractivity contribution in [1.82, 2.24) is 4.90 Å². The maximum absolute atomic E-state index is 13.0. The van der Waals surface area contributed by atoms with Crippen LogP contribution in [0.4, 0.5) is 10.1 Å². The molecule has 8 heteroatoms. The largest absolute Gasteiger partial charge is 0.342 e. The van der Waals surface area contributed by atoms with Crippen LogP contribution in [0.1, 0.15) is 25.3 Å². The maximum atomic E-state index is 13.0. The van der Waals surface area contributed by atoms with Gasteiger partial charge in [-0.05, 0) is 48.7 Å². The Morgan fingerprint density at radius 1 is 1.17 bits per heavy atom. The number of carbonyl (C=O) groups excluding carboxylic acids is 2. The van der Waals surface area contributed by atoms with E-state index in [9.17, 15) is 22.4 Å². The molecule has 160 valence electrons. The number of hydrogen-bond acceptors (Lipinski definition) is 4. The van der Waals surface area contributed by atoms with Crippen LogP contribution in [-0.2, 0) is 25.8 Å². The van der Waals surface area contributed by atoms with Crippen LogP contribution in [0.3, 0.4) is 0 Å². The van der Waals surface area contributed by atoms with Gasteiger partial charge in [-0.3, -0.25) is 9.59 Å². The van der Waals surface area contributed by atoms with Crippen molar-refractivity contribution in [2.45, 2.75) is 31.1 Å². The fraction of sp³-hybridized carbons (Fsp3) is 0.364. The summed E-state index contributed by atoms with van der Waals surface area (Å²) in [4.78, 5) is 27.2. The van der Waals surface area contributed by atoms with Crippen molar-refractivity contribution in [3.8, 4) is 0 Å². The monoisotopic (exact) mass is 432 g/mol. The van der Waals surface area contributed by atoms with E-state index in [0.29, 0.717) is 31.6 Å². The number of rotatable bonds is 6. The maximum Gasteiger partial charge on any atom is 0.229 e. The number of likely N-dealkylation sites (tertiary alicyclic amines) is 1. The van der Waals surface area contributed by atoms with Crippen LogP contribution in [0.5, 0.6) is 0 Å². The zero-order chi connectivity index (χ0) is 21.7. The molecular formula is C22H25FN2O4S. The summed E-state index contributed by atoms with van der Waals surface area (Å²) >= 11 is 0. The molecule has 1 unspecified atom stereocenters. The minimum absolute atomic E-state index is 0.0157. The first kappa shape index (κ1) is 22.0. The number of carbonyl (C=O) groups is 2. The zero-order valence-corrected chi connectivity index (χ0v) is 17.6. The fourth-order valence-electron chi connectivity index (χ4n) is 3.48. The lowest BCUT2D eigenvalue weighted by molar-refractivity contribution is -0.133. The number of piperidine rings is 1. The molecule has 2 amide bonds. The van der Waals surface area contributed by atoms with Crippen molar-refractivity contribution in [3.05, 3.63) is 59.9 Å². The molecule has 1 fully saturated rings. The number of anilines is 1. The number of amides is 2. The molecule has 1 heterocycles. The van der Waals surface area contributed by atoms with E-state index < -0.39 is 9.84 Å². The first-order chi connectivity index (χ1) is 14.3. The van der Waals surface area contributed by atoms with E-state index in [0.717, 1.165) is 5.56 Å². The van der Waals surface area contributed by atoms with Crippen LogP contribution < -0.4 is 5.32 Å². The number of nitrogens with one attached hydrogen (secondary N) is 1. The highest BCUT2D eigenvalue weighted by molar-refractivity contribution is 7.91. The van der Waals surface area contributed by atoms with Gasteiger partial charge in [-0.1, -0.05) is 25.1 Å². The van der Waals surface area contributed by atoms with Crippen LogP contribution in [0.15, 0.2) is 53.4 Å². The van der Waals surface area contributed by atoms with Gasteiger partial charge < -0.3 is 10.2 Å². The summed E-state index contributed by atoms with van der Waals surface area (Å²) in [6.45, 7) is 2.45. The second kappa shape index (κ2) is 9.38. The first-order valence-corrected chi connectivity index (χ1v) is 11.6. The van der Waals surface area contributed by atoms with Gasteiger partial charge in [0.25, 0.3) is 0 Å². The van der Waals surface area contributed by atoms with Gasteiger partial charge in [0.15, 0.2) is 9.84 Å². The summed E-state index contributed by atoms with van der Waals surface area (Å²) in [5, 5.41) is 2.78. The molecule has 3 rings (SSSR count). The standard InChI is InChI=1S/C22H25FN2O4S/c1-2-30(28,29)20-7-3-6-19(14-20)24-22(27)17-5-4-12-25(15-17)21(26)13-16-8-10-18(23)11-9-16/h3,6-11,14,17H,2,4-5,12-13,15H2,1H3,(H,24,27). The van der Waals surface area contributed by atoms with Crippen LogP contribution in [-0.4, -0.2) is 44.0 Å². The predicted molar refractivity (Wildman–Crippen MR) is 112 cm³/mol. The number of halogens is 1. The third kappa shape index (κ3) is 5.44. The molecule has 0 aliphatic carbocycles. The van der Waals surface area contributed by atoms with Gasteiger partial charge in [0.2, 0.25) is 11.8 Å². The van der Waals surface area contributed by atoms with Crippen molar-refractivity contribution in [2.24, 2.45) is 5.92 Å². The molecule has 0 saturated carbocycles. The van der Waals surface area contributed by atoms with E-state index >= 15 is 0 Å². The van der Waals surface area contributed by atoms with Crippen LogP contribution >= 0.6 is 0 Å². The number of nitrogens with zero attached hydrogens (tertiary/aromatic N) is 1. The average molecular weight is 433 g/mol. The molecule has 0 aromatic heterocycles. The first-order valence-electron chi connectivity index (χ1n) is 9.94. The second-order valence-corrected chi connectivity index (χ2v) is 9.68. The Bertz CT molecular complexity index is 1020. The van der Waals surface area contributed by atoms with Crippen molar-refractivity contribution in [1.29, 1.82) is 0 Å². The molecule has 1 aliphatic rings. The smallest absolute Gasteiger partial charge is 0.229 e. The van der Waals surface area contributed by atoms with Gasteiger partial charge in [-0.15, -0.1) is 0 Å². The number of benzene rings is 2. The van der Waals surface area contributed by atoms with E-state index in [1.807, 2.05) is 0 Å². The molecule has 1 N–H and O–H groups in total. The quantitative estimate of drug-likeness (QED) is 0.761. The second-order valence-electron chi connectivity index (χ2n) is 7.40. The molecule has 30 heavy (non-hydrogen) atoms. The van der Waals surface area contributed by atoms with Gasteiger partial charge in [0.1, 0.15) is 5.82 Å². The third-order valence-corrected chi connectivity index (χ3v) is 6.99. The summed E-state index contributed by atoms with van der Waals surface area (Å²) in [5.41, 5.74) is 1.14. The van der Waals surface area contributed by atoms with Crippen molar-refractivity contribution in [3.63, 3.8) is 0 Å². The summed E-state index contributed by atoms with van der Waals surface area (Å²) in [6.07, 6.45) is 1.52. The van der Waals surface area contributed by atoms with Crippen LogP contribution in [0.2, 0.25) is 0 Å². The summed E-state index contributed by atoms with van der Waals surface area (Å²) in [7, 11) is -3.36. The Balaban J connectivity index is 1.62. The Kier molecular flexibility index (Phi) is 6.87. The van der Waals surface area contributed by atoms with Crippen molar-refractivity contribution < 1.29 is 22.4 Å². The third-order valence-electron chi connectivity index (χ3n) is 5.25. The normalized spacial score (nSPS) is 16.9.